The van der Waals surface area contributed by atoms with Crippen LogP contribution in [-0.2, 0) is 0 Å². The molecule has 13 heavy (non-hydrogen) atoms. The second-order valence-electron chi connectivity index (χ2n) is 2.34. The lowest BCUT2D eigenvalue weighted by Gasteiger charge is -1.96. The third-order valence-electron chi connectivity index (χ3n) is 1.50. The van der Waals surface area contributed by atoms with Crippen molar-refractivity contribution in [1.29, 1.82) is 0 Å². The molecule has 0 saturated heterocycles. The smallest absolute Gasteiger partial charge is 0.258 e. The number of hydrogen-bond acceptors (Lipinski definition) is 3. The first kappa shape index (κ1) is 10.3. The van der Waals surface area contributed by atoms with E-state index in [0.717, 1.165) is 20.1 Å². The van der Waals surface area contributed by atoms with Crippen LogP contribution in [-0.4, -0.2) is 20.1 Å². The summed E-state index contributed by atoms with van der Waals surface area (Å²) in [5.74, 6) is 0. The van der Waals surface area contributed by atoms with Gasteiger partial charge in [0, 0.05) is 12.2 Å². The second kappa shape index (κ2) is 5.08. The minimum Gasteiger partial charge on any atom is -0.258 e. The molecule has 0 heterocycles. The van der Waals surface area contributed by atoms with Crippen LogP contribution in [0.1, 0.15) is 0 Å². The Labute approximate surface area is 87.5 Å². The highest BCUT2D eigenvalue weighted by atomic mass is 32.3. The van der Waals surface area contributed by atoms with Crippen LogP contribution in [0.4, 0.5) is 0 Å². The van der Waals surface area contributed by atoms with Crippen LogP contribution in [0.2, 0.25) is 0 Å². The Morgan fingerprint density at radius 1 is 1.31 bits per heavy atom. The average Bonchev–Trinajstić information content (AvgIpc) is 2.03. The van der Waals surface area contributed by atoms with Crippen LogP contribution in [0, 0.1) is 10.1 Å². The molecule has 0 bridgehead atoms. The number of allylic oxidation sites excluding steroid dienone is 6. The maximum absolute atomic E-state index is 10.4. The molecule has 66 valence electrons. The van der Waals surface area contributed by atoms with Crippen molar-refractivity contribution in [3.63, 3.8) is 0 Å². The molecule has 1 aliphatic rings. The summed E-state index contributed by atoms with van der Waals surface area (Å²) < 4.78 is 0. The molecule has 0 aromatic carbocycles. The molecule has 0 spiro atoms. The molecule has 5 heteroatoms. The van der Waals surface area contributed by atoms with Gasteiger partial charge < -0.3 is 0 Å². The maximum atomic E-state index is 10.4. The van der Waals surface area contributed by atoms with E-state index >= 15 is 0 Å². The highest BCUT2D eigenvalue weighted by Gasteiger charge is 2.03. The highest BCUT2D eigenvalue weighted by Crippen LogP contribution is 2.14. The summed E-state index contributed by atoms with van der Waals surface area (Å²) in [6.07, 6.45) is 10.2. The van der Waals surface area contributed by atoms with E-state index < -0.39 is 4.92 Å². The van der Waals surface area contributed by atoms with Crippen molar-refractivity contribution in [2.24, 2.45) is 0 Å². The first-order valence-electron chi connectivity index (χ1n) is 3.69. The first-order chi connectivity index (χ1) is 6.24. The van der Waals surface area contributed by atoms with Gasteiger partial charge in [-0.3, -0.25) is 10.1 Å². The van der Waals surface area contributed by atoms with Gasteiger partial charge in [0.25, 0.3) is 5.70 Å². The Kier molecular flexibility index (Phi) is 4.03. The lowest BCUT2D eigenvalue weighted by molar-refractivity contribution is -0.419. The zero-order chi connectivity index (χ0) is 9.68. The van der Waals surface area contributed by atoms with Crippen LogP contribution in [0.15, 0.2) is 47.1 Å². The Balaban J connectivity index is 2.86. The summed E-state index contributed by atoms with van der Waals surface area (Å²) in [5.41, 5.74) is 0.116. The Hall–Kier alpha value is -0.758. The number of hydrogen-bond donors (Lipinski definition) is 0. The topological polar surface area (TPSA) is 43.1 Å². The Bertz CT molecular complexity index is 331. The van der Waals surface area contributed by atoms with Gasteiger partial charge in [-0.25, -0.2) is 10.1 Å². The van der Waals surface area contributed by atoms with E-state index in [1.165, 1.54) is 12.2 Å². The third kappa shape index (κ3) is 3.23. The lowest BCUT2D eigenvalue weighted by Crippen LogP contribution is -1.94. The highest BCUT2D eigenvalue weighted by molar-refractivity contribution is 8.22. The van der Waals surface area contributed by atoms with Crippen molar-refractivity contribution in [3.8, 4) is 0 Å². The van der Waals surface area contributed by atoms with Gasteiger partial charge >= 0.3 is 15.2 Å². The predicted molar refractivity (Wildman–Crippen MR) is 57.6 cm³/mol. The minimum absolute atomic E-state index is 0.116. The maximum Gasteiger partial charge on any atom is 0.311 e. The second-order valence-corrected chi connectivity index (χ2v) is 4.44. The standard InChI is InChI=1S/C8H7NO2S.Al.2H/c10-9(11)7-3-1-5-8(12)6-2-4-7;;;/h1-6,12H;;;/q;+1;;/p-1. The zero-order valence-corrected chi connectivity index (χ0v) is 9.95. The molecule has 1 aliphatic carbocycles. The van der Waals surface area contributed by atoms with Crippen LogP contribution in [0.25, 0.3) is 0 Å². The molecule has 0 amide bonds. The van der Waals surface area contributed by atoms with Gasteiger partial charge in [0.15, 0.2) is 0 Å². The van der Waals surface area contributed by atoms with E-state index in [-0.39, 0.29) is 5.70 Å². The fraction of sp³-hybridized carbons (Fsp3) is 0. The molecule has 0 aromatic rings. The number of rotatable bonds is 2. The van der Waals surface area contributed by atoms with Crippen LogP contribution >= 0.6 is 10.1 Å². The van der Waals surface area contributed by atoms with E-state index in [1.807, 2.05) is 12.2 Å². The average molecular weight is 209 g/mol. The van der Waals surface area contributed by atoms with Gasteiger partial charge in [-0.15, -0.1) is 0 Å². The van der Waals surface area contributed by atoms with Gasteiger partial charge in [-0.1, -0.05) is 24.3 Å². The monoisotopic (exact) mass is 209 g/mol. The predicted octanol–water partition coefficient (Wildman–Crippen LogP) is 1.44. The summed E-state index contributed by atoms with van der Waals surface area (Å²) in [6, 6.07) is 0. The summed E-state index contributed by atoms with van der Waals surface area (Å²) >= 11 is 1.03. The van der Waals surface area contributed by atoms with Crippen LogP contribution in [0.5, 0.6) is 0 Å². The zero-order valence-electron chi connectivity index (χ0n) is 7.14. The van der Waals surface area contributed by atoms with Crippen molar-refractivity contribution < 1.29 is 4.92 Å². The van der Waals surface area contributed by atoms with Crippen molar-refractivity contribution in [2.75, 3.05) is 0 Å². The minimum atomic E-state index is -0.395. The van der Waals surface area contributed by atoms with E-state index in [0.29, 0.717) is 0 Å². The Morgan fingerprint density at radius 2 is 2.00 bits per heavy atom. The fourth-order valence-corrected chi connectivity index (χ4v) is 2.10. The van der Waals surface area contributed by atoms with E-state index in [4.69, 9.17) is 0 Å². The van der Waals surface area contributed by atoms with Crippen molar-refractivity contribution in [1.82, 2.24) is 0 Å². The van der Waals surface area contributed by atoms with Gasteiger partial charge in [0.05, 0.1) is 4.92 Å². The van der Waals surface area contributed by atoms with Crippen LogP contribution in [0.3, 0.4) is 0 Å². The number of nitrogens with zero attached hydrogens (tertiary/aromatic N) is 1. The molecule has 1 rings (SSSR count). The molecule has 0 N–H and O–H groups in total. The largest absolute Gasteiger partial charge is 0.311 e. The van der Waals surface area contributed by atoms with Crippen LogP contribution < -0.4 is 0 Å². The van der Waals surface area contributed by atoms with Gasteiger partial charge in [-0.05, 0) is 4.91 Å². The van der Waals surface area contributed by atoms with Gasteiger partial charge in [0.2, 0.25) is 0 Å². The quantitative estimate of drug-likeness (QED) is 0.392. The molecule has 0 saturated carbocycles. The first-order valence-corrected chi connectivity index (χ1v) is 7.36. The molecule has 3 nitrogen and oxygen atoms in total. The molecule has 0 aliphatic heterocycles. The van der Waals surface area contributed by atoms with E-state index in [9.17, 15) is 10.1 Å². The molecular formula is C8H8AlNO2S. The SMILES string of the molecule is O=[N+]([O-])C1=CC=CC([S][AlH2])=CC=C1. The Morgan fingerprint density at radius 3 is 2.62 bits per heavy atom. The van der Waals surface area contributed by atoms with Crippen molar-refractivity contribution >= 4 is 25.3 Å². The molecule has 0 aromatic heterocycles. The summed E-state index contributed by atoms with van der Waals surface area (Å²) in [5, 5.41) is 10.4. The van der Waals surface area contributed by atoms with Crippen molar-refractivity contribution in [2.45, 2.75) is 0 Å². The summed E-state index contributed by atoms with van der Waals surface area (Å²) in [6.45, 7) is 0. The normalized spacial score (nSPS) is 15.7. The lowest BCUT2D eigenvalue weighted by atomic mass is 10.3. The molecular weight excluding hydrogens is 201 g/mol. The van der Waals surface area contributed by atoms with Gasteiger partial charge in [0.1, 0.15) is 0 Å². The molecule has 0 radical (unpaired) electrons. The summed E-state index contributed by atoms with van der Waals surface area (Å²) in [4.78, 5) is 11.1. The van der Waals surface area contributed by atoms with Crippen molar-refractivity contribution in [3.05, 3.63) is 57.2 Å². The summed E-state index contributed by atoms with van der Waals surface area (Å²) in [7, 11) is 1.74. The van der Waals surface area contributed by atoms with Gasteiger partial charge in [-0.2, -0.15) is 0 Å². The molecule has 0 unspecified atom stereocenters. The third-order valence-corrected chi connectivity index (χ3v) is 3.66. The van der Waals surface area contributed by atoms with E-state index in [1.54, 1.807) is 22.3 Å². The molecule has 0 fully saturated rings. The molecule has 0 atom stereocenters. The van der Waals surface area contributed by atoms with E-state index in [2.05, 4.69) is 0 Å². The number of nitro groups is 1. The fourth-order valence-electron chi connectivity index (χ4n) is 0.852.